The van der Waals surface area contributed by atoms with Gasteiger partial charge in [-0.1, -0.05) is 0 Å². The summed E-state index contributed by atoms with van der Waals surface area (Å²) >= 11 is 0. The molecule has 1 aromatic carbocycles. The summed E-state index contributed by atoms with van der Waals surface area (Å²) in [5.41, 5.74) is 6.38. The van der Waals surface area contributed by atoms with Crippen LogP contribution < -0.4 is 15.2 Å². The van der Waals surface area contributed by atoms with Crippen LogP contribution in [0.1, 0.15) is 0 Å². The lowest BCUT2D eigenvalue weighted by atomic mass is 10.2. The Labute approximate surface area is 98.4 Å². The maximum Gasteiger partial charge on any atom is 0.321 e. The lowest BCUT2D eigenvalue weighted by Crippen LogP contribution is -2.02. The lowest BCUT2D eigenvalue weighted by Gasteiger charge is -2.04. The van der Waals surface area contributed by atoms with Crippen LogP contribution in [-0.4, -0.2) is 29.2 Å². The van der Waals surface area contributed by atoms with Crippen LogP contribution in [0.25, 0.3) is 11.4 Å². The Morgan fingerprint density at radius 3 is 2.24 bits per heavy atom. The van der Waals surface area contributed by atoms with Crippen molar-refractivity contribution in [3.05, 3.63) is 24.3 Å². The molecule has 0 atom stereocenters. The molecule has 0 unspecified atom stereocenters. The predicted octanol–water partition coefficient (Wildman–Crippen LogP) is 1.14. The Hall–Kier alpha value is -2.37. The van der Waals surface area contributed by atoms with Crippen LogP contribution in [0.15, 0.2) is 24.3 Å². The van der Waals surface area contributed by atoms with Gasteiger partial charge in [-0.25, -0.2) is 0 Å². The number of rotatable bonds is 3. The Bertz CT molecular complexity index is 513. The molecule has 0 bridgehead atoms. The summed E-state index contributed by atoms with van der Waals surface area (Å²) < 4.78 is 10.0. The standard InChI is InChI=1S/C11H12N4O2/c1-16-8-5-3-7(4-6-8)9-13-10(12)15-11(14-9)17-2/h3-6H,1-2H3,(H2,12,13,14,15). The second kappa shape index (κ2) is 4.65. The first kappa shape index (κ1) is 11.1. The highest BCUT2D eigenvalue weighted by Crippen LogP contribution is 2.20. The normalized spacial score (nSPS) is 10.0. The van der Waals surface area contributed by atoms with E-state index in [0.717, 1.165) is 11.3 Å². The fraction of sp³-hybridized carbons (Fsp3) is 0.182. The van der Waals surface area contributed by atoms with E-state index in [9.17, 15) is 0 Å². The van der Waals surface area contributed by atoms with Gasteiger partial charge < -0.3 is 15.2 Å². The summed E-state index contributed by atoms with van der Waals surface area (Å²) in [6.07, 6.45) is 0. The van der Waals surface area contributed by atoms with E-state index in [0.29, 0.717) is 5.82 Å². The summed E-state index contributed by atoms with van der Waals surface area (Å²) in [7, 11) is 3.09. The van der Waals surface area contributed by atoms with Gasteiger partial charge >= 0.3 is 6.01 Å². The summed E-state index contributed by atoms with van der Waals surface area (Å²) in [6, 6.07) is 7.52. The Balaban J connectivity index is 2.41. The minimum atomic E-state index is 0.127. The van der Waals surface area contributed by atoms with E-state index in [1.54, 1.807) is 7.11 Å². The molecule has 0 aliphatic heterocycles. The molecule has 1 aromatic heterocycles. The monoisotopic (exact) mass is 232 g/mol. The minimum Gasteiger partial charge on any atom is -0.497 e. The molecule has 0 radical (unpaired) electrons. The van der Waals surface area contributed by atoms with Crippen molar-refractivity contribution >= 4 is 5.95 Å². The first-order valence-corrected chi connectivity index (χ1v) is 4.93. The summed E-state index contributed by atoms with van der Waals surface area (Å²) in [6.45, 7) is 0. The van der Waals surface area contributed by atoms with E-state index in [2.05, 4.69) is 15.0 Å². The fourth-order valence-electron chi connectivity index (χ4n) is 1.33. The number of hydrogen-bond acceptors (Lipinski definition) is 6. The topological polar surface area (TPSA) is 83.2 Å². The van der Waals surface area contributed by atoms with Crippen molar-refractivity contribution in [2.45, 2.75) is 0 Å². The lowest BCUT2D eigenvalue weighted by molar-refractivity contribution is 0.379. The zero-order valence-corrected chi connectivity index (χ0v) is 9.54. The van der Waals surface area contributed by atoms with E-state index in [1.807, 2.05) is 24.3 Å². The Morgan fingerprint density at radius 2 is 1.65 bits per heavy atom. The molecule has 2 rings (SSSR count). The minimum absolute atomic E-state index is 0.127. The number of nitrogen functional groups attached to an aromatic ring is 1. The maximum atomic E-state index is 5.56. The zero-order chi connectivity index (χ0) is 12.3. The van der Waals surface area contributed by atoms with E-state index < -0.39 is 0 Å². The van der Waals surface area contributed by atoms with Crippen LogP contribution in [0, 0.1) is 0 Å². The van der Waals surface area contributed by atoms with Crippen LogP contribution in [0.3, 0.4) is 0 Å². The molecule has 6 nitrogen and oxygen atoms in total. The van der Waals surface area contributed by atoms with Gasteiger partial charge in [0.15, 0.2) is 5.82 Å². The third-order valence-corrected chi connectivity index (χ3v) is 2.16. The summed E-state index contributed by atoms with van der Waals surface area (Å²) in [4.78, 5) is 12.0. The predicted molar refractivity (Wildman–Crippen MR) is 62.8 cm³/mol. The molecule has 0 fully saturated rings. The van der Waals surface area contributed by atoms with Gasteiger partial charge in [0, 0.05) is 5.56 Å². The number of methoxy groups -OCH3 is 2. The number of hydrogen-bond donors (Lipinski definition) is 1. The summed E-state index contributed by atoms with van der Waals surface area (Å²) in [5, 5.41) is 0. The zero-order valence-electron chi connectivity index (χ0n) is 9.54. The molecule has 0 aliphatic carbocycles. The average molecular weight is 232 g/mol. The smallest absolute Gasteiger partial charge is 0.321 e. The third kappa shape index (κ3) is 2.41. The van der Waals surface area contributed by atoms with Crippen molar-refractivity contribution < 1.29 is 9.47 Å². The first-order chi connectivity index (χ1) is 8.22. The van der Waals surface area contributed by atoms with Gasteiger partial charge in [0.25, 0.3) is 0 Å². The van der Waals surface area contributed by atoms with E-state index >= 15 is 0 Å². The molecule has 0 aliphatic rings. The second-order valence-electron chi connectivity index (χ2n) is 3.23. The molecule has 0 saturated carbocycles. The number of nitrogens with zero attached hydrogens (tertiary/aromatic N) is 3. The van der Waals surface area contributed by atoms with Crippen molar-refractivity contribution in [2.75, 3.05) is 20.0 Å². The first-order valence-electron chi connectivity index (χ1n) is 4.93. The molecule has 2 N–H and O–H groups in total. The quantitative estimate of drug-likeness (QED) is 0.854. The number of ether oxygens (including phenoxy) is 2. The van der Waals surface area contributed by atoms with Crippen molar-refractivity contribution in [3.63, 3.8) is 0 Å². The highest BCUT2D eigenvalue weighted by Gasteiger charge is 2.06. The number of benzene rings is 1. The van der Waals surface area contributed by atoms with Gasteiger partial charge in [0.1, 0.15) is 5.75 Å². The van der Waals surface area contributed by atoms with Gasteiger partial charge in [-0.15, -0.1) is 0 Å². The van der Waals surface area contributed by atoms with Gasteiger partial charge in [-0.2, -0.15) is 15.0 Å². The Kier molecular flexibility index (Phi) is 3.04. The summed E-state index contributed by atoms with van der Waals surface area (Å²) in [5.74, 6) is 1.36. The molecule has 6 heteroatoms. The van der Waals surface area contributed by atoms with E-state index in [1.165, 1.54) is 7.11 Å². The highest BCUT2D eigenvalue weighted by molar-refractivity contribution is 5.57. The van der Waals surface area contributed by atoms with Gasteiger partial charge in [-0.3, -0.25) is 0 Å². The molecule has 0 saturated heterocycles. The fourth-order valence-corrected chi connectivity index (χ4v) is 1.33. The molecule has 0 spiro atoms. The van der Waals surface area contributed by atoms with Crippen molar-refractivity contribution in [1.82, 2.24) is 15.0 Å². The second-order valence-corrected chi connectivity index (χ2v) is 3.23. The van der Waals surface area contributed by atoms with Crippen LogP contribution in [-0.2, 0) is 0 Å². The van der Waals surface area contributed by atoms with Crippen LogP contribution in [0.4, 0.5) is 5.95 Å². The average Bonchev–Trinajstić information content (AvgIpc) is 2.38. The molecule has 17 heavy (non-hydrogen) atoms. The molecule has 2 aromatic rings. The van der Waals surface area contributed by atoms with Crippen LogP contribution >= 0.6 is 0 Å². The SMILES string of the molecule is COc1ccc(-c2nc(N)nc(OC)n2)cc1. The van der Waals surface area contributed by atoms with Crippen molar-refractivity contribution in [1.29, 1.82) is 0 Å². The molecule has 88 valence electrons. The highest BCUT2D eigenvalue weighted by atomic mass is 16.5. The molecule has 0 amide bonds. The third-order valence-electron chi connectivity index (χ3n) is 2.16. The van der Waals surface area contributed by atoms with Gasteiger partial charge in [0.05, 0.1) is 14.2 Å². The Morgan fingerprint density at radius 1 is 0.941 bits per heavy atom. The number of anilines is 1. The molecular formula is C11H12N4O2. The number of aromatic nitrogens is 3. The largest absolute Gasteiger partial charge is 0.497 e. The van der Waals surface area contributed by atoms with Crippen molar-refractivity contribution in [2.24, 2.45) is 0 Å². The number of nitrogens with two attached hydrogens (primary N) is 1. The maximum absolute atomic E-state index is 5.56. The van der Waals surface area contributed by atoms with E-state index in [-0.39, 0.29) is 12.0 Å². The van der Waals surface area contributed by atoms with Crippen molar-refractivity contribution in [3.8, 4) is 23.1 Å². The molecule has 1 heterocycles. The van der Waals surface area contributed by atoms with Gasteiger partial charge in [-0.05, 0) is 24.3 Å². The van der Waals surface area contributed by atoms with E-state index in [4.69, 9.17) is 15.2 Å². The van der Waals surface area contributed by atoms with Crippen LogP contribution in [0.5, 0.6) is 11.8 Å². The van der Waals surface area contributed by atoms with Gasteiger partial charge in [0.2, 0.25) is 5.95 Å². The molecular weight excluding hydrogens is 220 g/mol. The van der Waals surface area contributed by atoms with Crippen LogP contribution in [0.2, 0.25) is 0 Å².